The molecule has 2 rings (SSSR count). The number of thiazole rings is 1. The summed E-state index contributed by atoms with van der Waals surface area (Å²) in [6, 6.07) is 0. The normalized spacial score (nSPS) is 10.8. The van der Waals surface area contributed by atoms with Gasteiger partial charge in [-0.2, -0.15) is 0 Å². The lowest BCUT2D eigenvalue weighted by Gasteiger charge is -2.08. The molecule has 0 aliphatic heterocycles. The summed E-state index contributed by atoms with van der Waals surface area (Å²) in [5.74, 6) is 0.888. The van der Waals surface area contributed by atoms with Gasteiger partial charge in [0.2, 0.25) is 5.95 Å². The van der Waals surface area contributed by atoms with Crippen LogP contribution in [0.4, 0.5) is 5.95 Å². The van der Waals surface area contributed by atoms with Gasteiger partial charge in [0.25, 0.3) is 0 Å². The van der Waals surface area contributed by atoms with Crippen molar-refractivity contribution in [3.8, 4) is 0 Å². The third kappa shape index (κ3) is 3.54. The summed E-state index contributed by atoms with van der Waals surface area (Å²) in [6.45, 7) is 4.41. The van der Waals surface area contributed by atoms with Gasteiger partial charge in [-0.3, -0.25) is 0 Å². The SMILES string of the molecule is COCCCNc1nccn1Cc1nc(C)cs1. The zero-order valence-electron chi connectivity index (χ0n) is 10.7. The lowest BCUT2D eigenvalue weighted by atomic mass is 10.4. The Hall–Kier alpha value is -1.40. The molecule has 0 atom stereocenters. The summed E-state index contributed by atoms with van der Waals surface area (Å²) in [5.41, 5.74) is 1.07. The number of anilines is 1. The fourth-order valence-electron chi connectivity index (χ4n) is 1.64. The molecule has 0 spiro atoms. The number of nitrogens with one attached hydrogen (secondary N) is 1. The molecule has 2 aromatic rings. The minimum Gasteiger partial charge on any atom is -0.385 e. The molecule has 0 saturated heterocycles. The summed E-state index contributed by atoms with van der Waals surface area (Å²) in [4.78, 5) is 8.76. The van der Waals surface area contributed by atoms with Crippen LogP contribution >= 0.6 is 11.3 Å². The summed E-state index contributed by atoms with van der Waals surface area (Å²) in [7, 11) is 1.71. The average Bonchev–Trinajstić information content (AvgIpc) is 2.95. The van der Waals surface area contributed by atoms with E-state index >= 15 is 0 Å². The van der Waals surface area contributed by atoms with Crippen molar-refractivity contribution in [2.24, 2.45) is 0 Å². The second-order valence-electron chi connectivity index (χ2n) is 4.03. The molecule has 0 bridgehead atoms. The molecule has 6 heteroatoms. The van der Waals surface area contributed by atoms with Crippen molar-refractivity contribution in [3.05, 3.63) is 28.5 Å². The quantitative estimate of drug-likeness (QED) is 0.780. The van der Waals surface area contributed by atoms with E-state index in [2.05, 4.69) is 25.2 Å². The number of hydrogen-bond acceptors (Lipinski definition) is 5. The van der Waals surface area contributed by atoms with Crippen molar-refractivity contribution in [2.75, 3.05) is 25.6 Å². The van der Waals surface area contributed by atoms with E-state index in [1.165, 1.54) is 0 Å². The Labute approximate surface area is 111 Å². The molecule has 18 heavy (non-hydrogen) atoms. The predicted octanol–water partition coefficient (Wildman–Crippen LogP) is 2.14. The molecule has 0 aromatic carbocycles. The van der Waals surface area contributed by atoms with Gasteiger partial charge in [-0.25, -0.2) is 9.97 Å². The lowest BCUT2D eigenvalue weighted by molar-refractivity contribution is 0.197. The maximum Gasteiger partial charge on any atom is 0.203 e. The average molecular weight is 266 g/mol. The Balaban J connectivity index is 1.91. The number of aromatic nitrogens is 3. The number of hydrogen-bond donors (Lipinski definition) is 1. The van der Waals surface area contributed by atoms with Crippen molar-refractivity contribution in [1.82, 2.24) is 14.5 Å². The van der Waals surface area contributed by atoms with Crippen LogP contribution in [0.5, 0.6) is 0 Å². The van der Waals surface area contributed by atoms with Gasteiger partial charge in [0.15, 0.2) is 0 Å². The van der Waals surface area contributed by atoms with Crippen LogP contribution in [0, 0.1) is 6.92 Å². The summed E-state index contributed by atoms with van der Waals surface area (Å²) in [5, 5.41) is 6.47. The number of ether oxygens (including phenoxy) is 1. The van der Waals surface area contributed by atoms with E-state index in [1.54, 1.807) is 24.6 Å². The third-order valence-electron chi connectivity index (χ3n) is 2.50. The van der Waals surface area contributed by atoms with Crippen LogP contribution in [0.25, 0.3) is 0 Å². The molecule has 0 aliphatic rings. The first-order chi connectivity index (χ1) is 8.79. The first kappa shape index (κ1) is 13.0. The topological polar surface area (TPSA) is 52.0 Å². The van der Waals surface area contributed by atoms with Gasteiger partial charge < -0.3 is 14.6 Å². The number of imidazole rings is 1. The van der Waals surface area contributed by atoms with Crippen molar-refractivity contribution in [1.29, 1.82) is 0 Å². The van der Waals surface area contributed by atoms with E-state index < -0.39 is 0 Å². The van der Waals surface area contributed by atoms with Gasteiger partial charge in [-0.1, -0.05) is 0 Å². The van der Waals surface area contributed by atoms with Crippen molar-refractivity contribution in [2.45, 2.75) is 19.9 Å². The molecule has 2 heterocycles. The molecule has 0 amide bonds. The van der Waals surface area contributed by atoms with Gasteiger partial charge in [-0.05, 0) is 13.3 Å². The minimum absolute atomic E-state index is 0.763. The van der Waals surface area contributed by atoms with Gasteiger partial charge >= 0.3 is 0 Å². The van der Waals surface area contributed by atoms with Gasteiger partial charge in [-0.15, -0.1) is 11.3 Å². The number of aryl methyl sites for hydroxylation is 1. The van der Waals surface area contributed by atoms with E-state index in [4.69, 9.17) is 4.74 Å². The molecule has 1 N–H and O–H groups in total. The maximum absolute atomic E-state index is 5.01. The van der Waals surface area contributed by atoms with Crippen LogP contribution in [0.15, 0.2) is 17.8 Å². The van der Waals surface area contributed by atoms with Gasteiger partial charge in [0.05, 0.1) is 6.54 Å². The van der Waals surface area contributed by atoms with Crippen molar-refractivity contribution in [3.63, 3.8) is 0 Å². The first-order valence-corrected chi connectivity index (χ1v) is 6.82. The van der Waals surface area contributed by atoms with Crippen molar-refractivity contribution >= 4 is 17.3 Å². The van der Waals surface area contributed by atoms with Gasteiger partial charge in [0.1, 0.15) is 5.01 Å². The largest absolute Gasteiger partial charge is 0.385 e. The summed E-state index contributed by atoms with van der Waals surface area (Å²) < 4.78 is 7.09. The van der Waals surface area contributed by atoms with Crippen LogP contribution in [0.1, 0.15) is 17.1 Å². The van der Waals surface area contributed by atoms with E-state index in [-0.39, 0.29) is 0 Å². The van der Waals surface area contributed by atoms with Crippen LogP contribution in [-0.4, -0.2) is 34.8 Å². The standard InChI is InChI=1S/C12H18N4OS/c1-10-9-18-11(15-10)8-16-6-5-14-12(16)13-4-3-7-17-2/h5-6,9H,3-4,7-8H2,1-2H3,(H,13,14). The van der Waals surface area contributed by atoms with E-state index in [1.807, 2.05) is 13.1 Å². The van der Waals surface area contributed by atoms with Crippen LogP contribution in [-0.2, 0) is 11.3 Å². The highest BCUT2D eigenvalue weighted by Gasteiger charge is 2.05. The minimum atomic E-state index is 0.763. The third-order valence-corrected chi connectivity index (χ3v) is 3.45. The zero-order valence-corrected chi connectivity index (χ0v) is 11.5. The zero-order chi connectivity index (χ0) is 12.8. The van der Waals surface area contributed by atoms with Crippen molar-refractivity contribution < 1.29 is 4.74 Å². The smallest absolute Gasteiger partial charge is 0.203 e. The Morgan fingerprint density at radius 2 is 2.39 bits per heavy atom. The second kappa shape index (κ2) is 6.51. The fourth-order valence-corrected chi connectivity index (χ4v) is 2.41. The fraction of sp³-hybridized carbons (Fsp3) is 0.500. The molecular formula is C12H18N4OS. The van der Waals surface area contributed by atoms with Crippen LogP contribution in [0.3, 0.4) is 0 Å². The Morgan fingerprint density at radius 3 is 3.11 bits per heavy atom. The monoisotopic (exact) mass is 266 g/mol. The molecule has 0 saturated carbocycles. The Bertz CT molecular complexity index is 480. The molecular weight excluding hydrogens is 248 g/mol. The van der Waals surface area contributed by atoms with Gasteiger partial charge in [0, 0.05) is 43.7 Å². The number of methoxy groups -OCH3 is 1. The highest BCUT2D eigenvalue weighted by atomic mass is 32.1. The Kier molecular flexibility index (Phi) is 4.72. The molecule has 0 radical (unpaired) electrons. The maximum atomic E-state index is 5.01. The highest BCUT2D eigenvalue weighted by molar-refractivity contribution is 7.09. The Morgan fingerprint density at radius 1 is 1.50 bits per heavy atom. The lowest BCUT2D eigenvalue weighted by Crippen LogP contribution is -2.10. The van der Waals surface area contributed by atoms with Crippen LogP contribution in [0.2, 0.25) is 0 Å². The van der Waals surface area contributed by atoms with E-state index in [0.717, 1.165) is 42.8 Å². The number of rotatable bonds is 7. The summed E-state index contributed by atoms with van der Waals surface area (Å²) >= 11 is 1.68. The molecule has 98 valence electrons. The molecule has 2 aromatic heterocycles. The number of nitrogens with zero attached hydrogens (tertiary/aromatic N) is 3. The molecule has 5 nitrogen and oxygen atoms in total. The van der Waals surface area contributed by atoms with E-state index in [9.17, 15) is 0 Å². The van der Waals surface area contributed by atoms with E-state index in [0.29, 0.717) is 0 Å². The van der Waals surface area contributed by atoms with Crippen LogP contribution < -0.4 is 5.32 Å². The molecule has 0 unspecified atom stereocenters. The molecule has 0 aliphatic carbocycles. The predicted molar refractivity (Wildman–Crippen MR) is 73.2 cm³/mol. The second-order valence-corrected chi connectivity index (χ2v) is 4.98. The first-order valence-electron chi connectivity index (χ1n) is 5.94. The summed E-state index contributed by atoms with van der Waals surface area (Å²) in [6.07, 6.45) is 4.74. The highest BCUT2D eigenvalue weighted by Crippen LogP contribution is 2.13. The molecule has 0 fully saturated rings.